The van der Waals surface area contributed by atoms with E-state index in [1.165, 1.54) is 43.7 Å². The van der Waals surface area contributed by atoms with E-state index in [2.05, 4.69) is 35.9 Å². The molecule has 2 aromatic heterocycles. The van der Waals surface area contributed by atoms with Gasteiger partial charge in [-0.05, 0) is 25.4 Å². The van der Waals surface area contributed by atoms with Crippen molar-refractivity contribution in [1.29, 1.82) is 0 Å². The molecule has 9 N–H and O–H groups in total. The number of nitrogens with two attached hydrogens (primary N) is 1. The number of aromatic amines is 2. The molecule has 0 saturated heterocycles. The van der Waals surface area contributed by atoms with Crippen molar-refractivity contribution in [3.05, 3.63) is 36.4 Å². The Morgan fingerprint density at radius 1 is 0.972 bits per heavy atom. The van der Waals surface area contributed by atoms with Gasteiger partial charge in [-0.15, -0.1) is 0 Å². The molecule has 0 radical (unpaired) electrons. The van der Waals surface area contributed by atoms with Gasteiger partial charge in [-0.1, -0.05) is 0 Å². The van der Waals surface area contributed by atoms with Crippen LogP contribution in [0.3, 0.4) is 0 Å². The van der Waals surface area contributed by atoms with E-state index in [9.17, 15) is 29.4 Å². The van der Waals surface area contributed by atoms with Crippen LogP contribution in [0.4, 0.5) is 0 Å². The van der Waals surface area contributed by atoms with Gasteiger partial charge in [0.25, 0.3) is 0 Å². The molecule has 0 aliphatic heterocycles. The highest BCUT2D eigenvalue weighted by atomic mass is 32.2. The van der Waals surface area contributed by atoms with E-state index in [0.717, 1.165) is 0 Å². The summed E-state index contributed by atoms with van der Waals surface area (Å²) in [6.45, 7) is 1.30. The molecule has 5 unspecified atom stereocenters. The summed E-state index contributed by atoms with van der Waals surface area (Å²) in [5.74, 6) is -2.97. The van der Waals surface area contributed by atoms with Gasteiger partial charge in [-0.3, -0.25) is 14.4 Å². The van der Waals surface area contributed by atoms with Crippen LogP contribution in [0.5, 0.6) is 0 Å². The number of aliphatic carboxylic acids is 1. The summed E-state index contributed by atoms with van der Waals surface area (Å²) in [4.78, 5) is 63.5. The van der Waals surface area contributed by atoms with Crippen molar-refractivity contribution < 1.29 is 29.4 Å². The number of nitrogens with zero attached hydrogens (tertiary/aromatic N) is 2. The number of aromatic nitrogens is 4. The van der Waals surface area contributed by atoms with Gasteiger partial charge >= 0.3 is 5.97 Å². The number of carboxylic acids is 1. The quantitative estimate of drug-likeness (QED) is 0.127. The van der Waals surface area contributed by atoms with Gasteiger partial charge in [-0.25, -0.2) is 14.8 Å². The lowest BCUT2D eigenvalue weighted by atomic mass is 10.1. The molecule has 0 spiro atoms. The maximum atomic E-state index is 13.0. The number of thioether (sulfide) groups is 1. The van der Waals surface area contributed by atoms with Crippen molar-refractivity contribution in [2.45, 2.75) is 56.5 Å². The lowest BCUT2D eigenvalue weighted by Crippen LogP contribution is -2.60. The number of carbonyl (C=O) groups is 4. The summed E-state index contributed by atoms with van der Waals surface area (Å²) in [7, 11) is 0. The Morgan fingerprint density at radius 3 is 2.06 bits per heavy atom. The number of carboxylic acid groups (broad SMARTS) is 1. The first kappa shape index (κ1) is 28.8. The van der Waals surface area contributed by atoms with Crippen molar-refractivity contribution in [3.63, 3.8) is 0 Å². The Labute approximate surface area is 211 Å². The van der Waals surface area contributed by atoms with E-state index >= 15 is 0 Å². The number of aliphatic hydroxyl groups excluding tert-OH is 1. The number of rotatable bonds is 15. The molecule has 0 aromatic carbocycles. The van der Waals surface area contributed by atoms with E-state index in [1.54, 1.807) is 0 Å². The molecule has 0 aliphatic rings. The minimum atomic E-state index is -1.42. The van der Waals surface area contributed by atoms with Crippen molar-refractivity contribution in [1.82, 2.24) is 35.9 Å². The highest BCUT2D eigenvalue weighted by Crippen LogP contribution is 2.06. The monoisotopic (exact) mass is 524 g/mol. The summed E-state index contributed by atoms with van der Waals surface area (Å²) < 4.78 is 0. The van der Waals surface area contributed by atoms with Crippen LogP contribution in [-0.2, 0) is 32.0 Å². The number of amides is 3. The number of nitrogens with one attached hydrogen (secondary N) is 5. The average molecular weight is 525 g/mol. The molecule has 3 amide bonds. The molecule has 198 valence electrons. The summed E-state index contributed by atoms with van der Waals surface area (Å²) in [6, 6.07) is -4.82. The van der Waals surface area contributed by atoms with Gasteiger partial charge in [0.05, 0.1) is 24.8 Å². The van der Waals surface area contributed by atoms with Crippen molar-refractivity contribution in [2.24, 2.45) is 5.73 Å². The predicted octanol–water partition coefficient (Wildman–Crippen LogP) is -2.08. The molecule has 0 fully saturated rings. The standard InChI is InChI=1S/C21H32N8O6S/c1-11(30)17(29-18(31)14(22)5-12-7-23-9-25-12)20(33)28-16(6-13-8-24-10-26-13)19(32)27-15(21(34)35)3-4-36-2/h7-11,14-17,30H,3-6,22H2,1-2H3,(H,23,25)(H,24,26)(H,27,32)(H,28,33)(H,29,31)(H,34,35). The van der Waals surface area contributed by atoms with Crippen LogP contribution in [0.25, 0.3) is 0 Å². The van der Waals surface area contributed by atoms with Crippen LogP contribution in [0.2, 0.25) is 0 Å². The molecule has 2 heterocycles. The van der Waals surface area contributed by atoms with Crippen molar-refractivity contribution in [2.75, 3.05) is 12.0 Å². The molecular formula is C21H32N8O6S. The minimum absolute atomic E-state index is 0.0355. The molecule has 2 rings (SSSR count). The van der Waals surface area contributed by atoms with Gasteiger partial charge in [-0.2, -0.15) is 11.8 Å². The highest BCUT2D eigenvalue weighted by Gasteiger charge is 2.32. The lowest BCUT2D eigenvalue weighted by molar-refractivity contribution is -0.142. The summed E-state index contributed by atoms with van der Waals surface area (Å²) in [6.07, 6.45) is 6.56. The first-order chi connectivity index (χ1) is 17.1. The Kier molecular flexibility index (Phi) is 11.4. The third-order valence-electron chi connectivity index (χ3n) is 5.23. The smallest absolute Gasteiger partial charge is 0.326 e. The van der Waals surface area contributed by atoms with Gasteiger partial charge in [0.2, 0.25) is 17.7 Å². The molecular weight excluding hydrogens is 492 g/mol. The Bertz CT molecular complexity index is 985. The molecule has 15 heteroatoms. The molecule has 2 aromatic rings. The van der Waals surface area contributed by atoms with Crippen LogP contribution in [-0.4, -0.2) is 96.1 Å². The Balaban J connectivity index is 2.12. The van der Waals surface area contributed by atoms with Crippen molar-refractivity contribution in [3.8, 4) is 0 Å². The minimum Gasteiger partial charge on any atom is -0.480 e. The number of hydrogen-bond donors (Lipinski definition) is 8. The highest BCUT2D eigenvalue weighted by molar-refractivity contribution is 7.98. The second-order valence-corrected chi connectivity index (χ2v) is 9.12. The van der Waals surface area contributed by atoms with Gasteiger partial charge in [0.15, 0.2) is 0 Å². The number of carbonyl (C=O) groups excluding carboxylic acids is 3. The molecule has 0 bridgehead atoms. The number of hydrogen-bond acceptors (Lipinski definition) is 9. The van der Waals surface area contributed by atoms with E-state index in [0.29, 0.717) is 17.1 Å². The average Bonchev–Trinajstić information content (AvgIpc) is 3.53. The Morgan fingerprint density at radius 2 is 1.56 bits per heavy atom. The van der Waals surface area contributed by atoms with Crippen LogP contribution in [0.1, 0.15) is 24.7 Å². The van der Waals surface area contributed by atoms with E-state index in [1.807, 2.05) is 6.26 Å². The maximum Gasteiger partial charge on any atom is 0.326 e. The first-order valence-electron chi connectivity index (χ1n) is 11.1. The summed E-state index contributed by atoms with van der Waals surface area (Å²) in [5, 5.41) is 27.0. The number of H-pyrrole nitrogens is 2. The fourth-order valence-electron chi connectivity index (χ4n) is 3.24. The molecule has 5 atom stereocenters. The molecule has 36 heavy (non-hydrogen) atoms. The third-order valence-corrected chi connectivity index (χ3v) is 5.88. The molecule has 14 nitrogen and oxygen atoms in total. The second-order valence-electron chi connectivity index (χ2n) is 8.14. The topological polar surface area (TPSA) is 228 Å². The normalized spacial score (nSPS) is 15.2. The van der Waals surface area contributed by atoms with E-state index in [-0.39, 0.29) is 19.3 Å². The van der Waals surface area contributed by atoms with Crippen LogP contribution < -0.4 is 21.7 Å². The maximum absolute atomic E-state index is 13.0. The van der Waals surface area contributed by atoms with Gasteiger partial charge in [0, 0.05) is 36.6 Å². The van der Waals surface area contributed by atoms with Crippen molar-refractivity contribution >= 4 is 35.5 Å². The number of imidazole rings is 2. The predicted molar refractivity (Wildman–Crippen MR) is 131 cm³/mol. The zero-order chi connectivity index (χ0) is 26.7. The van der Waals surface area contributed by atoms with E-state index < -0.39 is 54.0 Å². The largest absolute Gasteiger partial charge is 0.480 e. The Hall–Kier alpha value is -3.43. The zero-order valence-electron chi connectivity index (χ0n) is 19.9. The molecule has 0 saturated carbocycles. The lowest BCUT2D eigenvalue weighted by Gasteiger charge is -2.26. The fourth-order valence-corrected chi connectivity index (χ4v) is 3.72. The van der Waals surface area contributed by atoms with Crippen LogP contribution in [0, 0.1) is 0 Å². The molecule has 0 aliphatic carbocycles. The summed E-state index contributed by atoms with van der Waals surface area (Å²) >= 11 is 1.43. The third kappa shape index (κ3) is 8.98. The van der Waals surface area contributed by atoms with Crippen LogP contribution >= 0.6 is 11.8 Å². The zero-order valence-corrected chi connectivity index (χ0v) is 20.7. The first-order valence-corrected chi connectivity index (χ1v) is 12.5. The SMILES string of the molecule is CSCCC(NC(=O)C(Cc1cnc[nH]1)NC(=O)C(NC(=O)C(N)Cc1cnc[nH]1)C(C)O)C(=O)O. The van der Waals surface area contributed by atoms with Gasteiger partial charge < -0.3 is 41.9 Å². The summed E-state index contributed by atoms with van der Waals surface area (Å²) in [5.41, 5.74) is 7.03. The number of aliphatic hydroxyl groups is 1. The van der Waals surface area contributed by atoms with E-state index in [4.69, 9.17) is 5.73 Å². The second kappa shape index (κ2) is 14.2. The van der Waals surface area contributed by atoms with Crippen LogP contribution in [0.15, 0.2) is 25.0 Å². The van der Waals surface area contributed by atoms with Gasteiger partial charge in [0.1, 0.15) is 18.1 Å². The fraction of sp³-hybridized carbons (Fsp3) is 0.524.